The Balaban J connectivity index is 1.76. The van der Waals surface area contributed by atoms with Gasteiger partial charge in [-0.25, -0.2) is 0 Å². The molecular weight excluding hydrogens is 264 g/mol. The highest BCUT2D eigenvalue weighted by Crippen LogP contribution is 2.17. The Morgan fingerprint density at radius 2 is 2.10 bits per heavy atom. The predicted molar refractivity (Wildman–Crippen MR) is 84.3 cm³/mol. The Hall–Kier alpha value is -1.36. The van der Waals surface area contributed by atoms with Crippen molar-refractivity contribution in [1.82, 2.24) is 20.0 Å². The number of hydrogen-bond acceptors (Lipinski definition) is 3. The molecule has 1 amide bonds. The Bertz CT molecular complexity index is 495. The van der Waals surface area contributed by atoms with Crippen LogP contribution in [0.25, 0.3) is 0 Å². The number of nitrogens with zero attached hydrogens (tertiary/aromatic N) is 3. The van der Waals surface area contributed by atoms with E-state index in [1.165, 1.54) is 24.1 Å². The number of carbonyl (C=O) groups is 1. The van der Waals surface area contributed by atoms with Crippen LogP contribution in [0.5, 0.6) is 0 Å². The summed E-state index contributed by atoms with van der Waals surface area (Å²) in [4.78, 5) is 14.4. The monoisotopic (exact) mass is 292 g/mol. The maximum Gasteiger partial charge on any atom is 0.221 e. The third kappa shape index (κ3) is 4.06. The Labute approximate surface area is 127 Å². The normalized spacial score (nSPS) is 19.7. The van der Waals surface area contributed by atoms with Gasteiger partial charge in [0.05, 0.1) is 5.69 Å². The number of carbonyl (C=O) groups excluding carboxylic acids is 1. The van der Waals surface area contributed by atoms with Gasteiger partial charge < -0.3 is 10.2 Å². The van der Waals surface area contributed by atoms with Crippen molar-refractivity contribution in [3.8, 4) is 0 Å². The van der Waals surface area contributed by atoms with E-state index in [0.29, 0.717) is 19.0 Å². The van der Waals surface area contributed by atoms with Crippen molar-refractivity contribution in [3.63, 3.8) is 0 Å². The van der Waals surface area contributed by atoms with E-state index >= 15 is 0 Å². The highest BCUT2D eigenvalue weighted by molar-refractivity contribution is 5.76. The van der Waals surface area contributed by atoms with Crippen LogP contribution in [0.2, 0.25) is 0 Å². The largest absolute Gasteiger partial charge is 0.356 e. The van der Waals surface area contributed by atoms with Gasteiger partial charge in [0, 0.05) is 31.7 Å². The number of aryl methyl sites for hydroxylation is 2. The smallest absolute Gasteiger partial charge is 0.221 e. The zero-order chi connectivity index (χ0) is 15.4. The first-order valence-electron chi connectivity index (χ1n) is 7.95. The van der Waals surface area contributed by atoms with E-state index in [9.17, 15) is 4.79 Å². The zero-order valence-corrected chi connectivity index (χ0v) is 13.8. The number of piperidine rings is 1. The lowest BCUT2D eigenvalue weighted by Crippen LogP contribution is -2.40. The Morgan fingerprint density at radius 1 is 1.33 bits per heavy atom. The molecule has 0 saturated carbocycles. The molecule has 2 heterocycles. The van der Waals surface area contributed by atoms with Crippen LogP contribution in [0.3, 0.4) is 0 Å². The van der Waals surface area contributed by atoms with Crippen LogP contribution < -0.4 is 5.32 Å². The summed E-state index contributed by atoms with van der Waals surface area (Å²) in [5, 5.41) is 7.47. The summed E-state index contributed by atoms with van der Waals surface area (Å²) in [6.45, 7) is 5.92. The van der Waals surface area contributed by atoms with E-state index in [4.69, 9.17) is 0 Å². The quantitative estimate of drug-likeness (QED) is 0.896. The van der Waals surface area contributed by atoms with Gasteiger partial charge >= 0.3 is 0 Å². The maximum absolute atomic E-state index is 12.1. The molecule has 0 spiro atoms. The van der Waals surface area contributed by atoms with Gasteiger partial charge in [-0.05, 0) is 52.3 Å². The second kappa shape index (κ2) is 7.07. The van der Waals surface area contributed by atoms with Crippen molar-refractivity contribution in [1.29, 1.82) is 0 Å². The molecule has 118 valence electrons. The number of likely N-dealkylation sites (tertiary alicyclic amines) is 1. The summed E-state index contributed by atoms with van der Waals surface area (Å²) >= 11 is 0. The molecule has 0 aromatic carbocycles. The molecule has 0 radical (unpaired) electrons. The summed E-state index contributed by atoms with van der Waals surface area (Å²) < 4.78 is 1.91. The minimum Gasteiger partial charge on any atom is -0.356 e. The second-order valence-electron chi connectivity index (χ2n) is 6.21. The van der Waals surface area contributed by atoms with E-state index in [2.05, 4.69) is 29.3 Å². The first kappa shape index (κ1) is 16.0. The van der Waals surface area contributed by atoms with Gasteiger partial charge in [0.25, 0.3) is 0 Å². The minimum atomic E-state index is 0.174. The molecule has 1 saturated heterocycles. The summed E-state index contributed by atoms with van der Waals surface area (Å²) in [7, 11) is 4.09. The first-order chi connectivity index (χ1) is 9.99. The van der Waals surface area contributed by atoms with Crippen molar-refractivity contribution >= 4 is 5.91 Å². The van der Waals surface area contributed by atoms with Crippen LogP contribution in [0.4, 0.5) is 0 Å². The molecule has 1 atom stereocenters. The van der Waals surface area contributed by atoms with Gasteiger partial charge in [-0.1, -0.05) is 6.42 Å². The maximum atomic E-state index is 12.1. The fourth-order valence-corrected chi connectivity index (χ4v) is 3.19. The third-order valence-corrected chi connectivity index (χ3v) is 4.70. The van der Waals surface area contributed by atoms with Gasteiger partial charge in [-0.2, -0.15) is 5.10 Å². The molecule has 0 unspecified atom stereocenters. The Morgan fingerprint density at radius 3 is 2.71 bits per heavy atom. The average molecular weight is 292 g/mol. The summed E-state index contributed by atoms with van der Waals surface area (Å²) in [5.41, 5.74) is 3.51. The standard InChI is InChI=1S/C16H28N4O/c1-12-15(13(2)20(4)18-12)8-9-17-16(21)11-14-7-5-6-10-19(14)3/h14H,5-11H2,1-4H3,(H,17,21)/t14-/m0/s1. The molecule has 1 aliphatic heterocycles. The molecule has 5 heteroatoms. The van der Waals surface area contributed by atoms with Crippen LogP contribution in [0.15, 0.2) is 0 Å². The molecule has 1 aromatic rings. The molecule has 0 aliphatic carbocycles. The lowest BCUT2D eigenvalue weighted by Gasteiger charge is -2.31. The highest BCUT2D eigenvalue weighted by atomic mass is 16.1. The van der Waals surface area contributed by atoms with E-state index in [-0.39, 0.29) is 5.91 Å². The summed E-state index contributed by atoms with van der Waals surface area (Å²) in [5.74, 6) is 0.174. The topological polar surface area (TPSA) is 50.2 Å². The number of amides is 1. The molecule has 5 nitrogen and oxygen atoms in total. The van der Waals surface area contributed by atoms with Gasteiger partial charge in [0.1, 0.15) is 0 Å². The average Bonchev–Trinajstić information content (AvgIpc) is 2.68. The van der Waals surface area contributed by atoms with Gasteiger partial charge in [0.2, 0.25) is 5.91 Å². The molecule has 1 aliphatic rings. The van der Waals surface area contributed by atoms with Crippen molar-refractivity contribution in [2.24, 2.45) is 7.05 Å². The highest BCUT2D eigenvalue weighted by Gasteiger charge is 2.21. The van der Waals surface area contributed by atoms with E-state index in [1.54, 1.807) is 0 Å². The molecule has 21 heavy (non-hydrogen) atoms. The van der Waals surface area contributed by atoms with Crippen LogP contribution >= 0.6 is 0 Å². The SMILES string of the molecule is Cc1nn(C)c(C)c1CCNC(=O)C[C@@H]1CCCCN1C. The van der Waals surface area contributed by atoms with Crippen LogP contribution in [-0.2, 0) is 18.3 Å². The number of nitrogens with one attached hydrogen (secondary N) is 1. The lowest BCUT2D eigenvalue weighted by atomic mass is 10.00. The van der Waals surface area contributed by atoms with Crippen molar-refractivity contribution in [3.05, 3.63) is 17.0 Å². The van der Waals surface area contributed by atoms with Crippen molar-refractivity contribution in [2.75, 3.05) is 20.1 Å². The van der Waals surface area contributed by atoms with Crippen LogP contribution in [-0.4, -0.2) is 46.8 Å². The fraction of sp³-hybridized carbons (Fsp3) is 0.750. The van der Waals surface area contributed by atoms with E-state index in [1.807, 2.05) is 18.7 Å². The third-order valence-electron chi connectivity index (χ3n) is 4.70. The molecule has 1 N–H and O–H groups in total. The zero-order valence-electron chi connectivity index (χ0n) is 13.8. The number of rotatable bonds is 5. The minimum absolute atomic E-state index is 0.174. The van der Waals surface area contributed by atoms with Crippen LogP contribution in [0.1, 0.15) is 42.6 Å². The van der Waals surface area contributed by atoms with Crippen molar-refractivity contribution in [2.45, 2.75) is 52.0 Å². The molecule has 1 fully saturated rings. The van der Waals surface area contributed by atoms with E-state index < -0.39 is 0 Å². The first-order valence-corrected chi connectivity index (χ1v) is 7.95. The van der Waals surface area contributed by atoms with Gasteiger partial charge in [-0.15, -0.1) is 0 Å². The van der Waals surface area contributed by atoms with Crippen molar-refractivity contribution < 1.29 is 4.79 Å². The summed E-state index contributed by atoms with van der Waals surface area (Å²) in [6, 6.07) is 0.417. The van der Waals surface area contributed by atoms with Gasteiger partial charge in [-0.3, -0.25) is 9.48 Å². The second-order valence-corrected chi connectivity index (χ2v) is 6.21. The predicted octanol–water partition coefficient (Wildman–Crippen LogP) is 1.57. The molecular formula is C16H28N4O. The lowest BCUT2D eigenvalue weighted by molar-refractivity contribution is -0.122. The summed E-state index contributed by atoms with van der Waals surface area (Å²) in [6.07, 6.45) is 5.13. The van der Waals surface area contributed by atoms with Crippen LogP contribution in [0, 0.1) is 13.8 Å². The molecule has 2 rings (SSSR count). The van der Waals surface area contributed by atoms with Gasteiger partial charge in [0.15, 0.2) is 0 Å². The number of aromatic nitrogens is 2. The molecule has 1 aromatic heterocycles. The Kier molecular flexibility index (Phi) is 5.39. The molecule has 0 bridgehead atoms. The number of hydrogen-bond donors (Lipinski definition) is 1. The van der Waals surface area contributed by atoms with E-state index in [0.717, 1.165) is 25.1 Å². The fourth-order valence-electron chi connectivity index (χ4n) is 3.19.